The van der Waals surface area contributed by atoms with Crippen LogP contribution < -0.4 is 10.6 Å². The van der Waals surface area contributed by atoms with Gasteiger partial charge in [0.05, 0.1) is 11.9 Å². The summed E-state index contributed by atoms with van der Waals surface area (Å²) in [6.07, 6.45) is 1.92. The van der Waals surface area contributed by atoms with Crippen LogP contribution in [-0.4, -0.2) is 6.54 Å². The summed E-state index contributed by atoms with van der Waals surface area (Å²) in [5, 5.41) is 1.82. The van der Waals surface area contributed by atoms with Gasteiger partial charge in [-0.15, -0.1) is 0 Å². The highest BCUT2D eigenvalue weighted by Gasteiger charge is 1.94. The van der Waals surface area contributed by atoms with Gasteiger partial charge in [-0.05, 0) is 18.2 Å². The molecule has 1 aliphatic rings. The van der Waals surface area contributed by atoms with Crippen molar-refractivity contribution in [3.05, 3.63) is 34.6 Å². The lowest BCUT2D eigenvalue weighted by Gasteiger charge is -1.83. The third kappa shape index (κ3) is 0.727. The van der Waals surface area contributed by atoms with Crippen molar-refractivity contribution >= 4 is 6.08 Å². The number of nitrogens with zero attached hydrogens (tertiary/aromatic N) is 1. The second kappa shape index (κ2) is 1.90. The Balaban J connectivity index is 2.88. The van der Waals surface area contributed by atoms with E-state index in [4.69, 9.17) is 0 Å². The normalized spacial score (nSPS) is 13.7. The smallest absolute Gasteiger partial charge is 0.123 e. The molecule has 0 spiro atoms. The standard InChI is InChI=1S/C8H6FN/c9-7-1-2-8-6(5-7)3-4-10-8/h1-3,5H,4H2. The summed E-state index contributed by atoms with van der Waals surface area (Å²) in [7, 11) is 0. The first-order chi connectivity index (χ1) is 4.86. The van der Waals surface area contributed by atoms with Crippen LogP contribution in [0.5, 0.6) is 0 Å². The maximum absolute atomic E-state index is 12.5. The van der Waals surface area contributed by atoms with Crippen LogP contribution in [0, 0.1) is 5.82 Å². The largest absolute Gasteiger partial charge is 0.281 e. The molecule has 0 bridgehead atoms. The molecule has 50 valence electrons. The van der Waals surface area contributed by atoms with E-state index in [2.05, 4.69) is 4.99 Å². The molecule has 0 amide bonds. The summed E-state index contributed by atoms with van der Waals surface area (Å²) in [4.78, 5) is 4.12. The lowest BCUT2D eigenvalue weighted by molar-refractivity contribution is 0.626. The molecule has 2 heteroatoms. The van der Waals surface area contributed by atoms with Gasteiger partial charge >= 0.3 is 0 Å². The minimum atomic E-state index is -0.188. The van der Waals surface area contributed by atoms with Crippen molar-refractivity contribution in [2.24, 2.45) is 4.99 Å². The van der Waals surface area contributed by atoms with Crippen LogP contribution in [0.1, 0.15) is 0 Å². The molecule has 1 aliphatic heterocycles. The van der Waals surface area contributed by atoms with Crippen LogP contribution >= 0.6 is 0 Å². The van der Waals surface area contributed by atoms with Crippen molar-refractivity contribution in [1.82, 2.24) is 0 Å². The Bertz CT molecular complexity index is 367. The zero-order chi connectivity index (χ0) is 6.97. The molecule has 0 radical (unpaired) electrons. The predicted molar refractivity (Wildman–Crippen MR) is 36.5 cm³/mol. The number of fused-ring (bicyclic) bond motifs is 1. The minimum absolute atomic E-state index is 0.188. The highest BCUT2D eigenvalue weighted by Crippen LogP contribution is 1.88. The second-order valence-electron chi connectivity index (χ2n) is 2.25. The van der Waals surface area contributed by atoms with Gasteiger partial charge in [0.25, 0.3) is 0 Å². The molecule has 0 aromatic heterocycles. The van der Waals surface area contributed by atoms with Gasteiger partial charge in [0.15, 0.2) is 0 Å². The summed E-state index contributed by atoms with van der Waals surface area (Å²) in [6.45, 7) is 0.693. The lowest BCUT2D eigenvalue weighted by atomic mass is 10.3. The van der Waals surface area contributed by atoms with Gasteiger partial charge in [-0.25, -0.2) is 4.39 Å². The predicted octanol–water partition coefficient (Wildman–Crippen LogP) is 0.239. The zero-order valence-electron chi connectivity index (χ0n) is 5.34. The fraction of sp³-hybridized carbons (Fsp3) is 0.125. The van der Waals surface area contributed by atoms with E-state index in [1.807, 2.05) is 6.08 Å². The van der Waals surface area contributed by atoms with Crippen LogP contribution in [0.2, 0.25) is 0 Å². The van der Waals surface area contributed by atoms with Gasteiger partial charge in [0.1, 0.15) is 5.82 Å². The molecule has 1 nitrogen and oxygen atoms in total. The van der Waals surface area contributed by atoms with E-state index in [-0.39, 0.29) is 5.82 Å². The Hall–Kier alpha value is -1.18. The average molecular weight is 135 g/mol. The molecule has 10 heavy (non-hydrogen) atoms. The fourth-order valence-corrected chi connectivity index (χ4v) is 1.08. The Kier molecular flexibility index (Phi) is 1.07. The summed E-state index contributed by atoms with van der Waals surface area (Å²) in [5.41, 5.74) is 0. The molecule has 1 aromatic rings. The lowest BCUT2D eigenvalue weighted by Crippen LogP contribution is -2.20. The highest BCUT2D eigenvalue weighted by molar-refractivity contribution is 5.29. The topological polar surface area (TPSA) is 12.4 Å². The quantitative estimate of drug-likeness (QED) is 0.483. The third-order valence-electron chi connectivity index (χ3n) is 1.56. The molecule has 1 aromatic carbocycles. The molecule has 2 rings (SSSR count). The monoisotopic (exact) mass is 135 g/mol. The molecule has 0 N–H and O–H groups in total. The van der Waals surface area contributed by atoms with Crippen LogP contribution in [-0.2, 0) is 0 Å². The van der Waals surface area contributed by atoms with Crippen LogP contribution in [0.25, 0.3) is 6.08 Å². The molecule has 0 saturated carbocycles. The molecule has 0 atom stereocenters. The van der Waals surface area contributed by atoms with Crippen LogP contribution in [0.15, 0.2) is 23.2 Å². The van der Waals surface area contributed by atoms with E-state index < -0.39 is 0 Å². The van der Waals surface area contributed by atoms with Gasteiger partial charge < -0.3 is 0 Å². The summed E-state index contributed by atoms with van der Waals surface area (Å²) < 4.78 is 12.5. The Morgan fingerprint density at radius 1 is 1.40 bits per heavy atom. The molecule has 1 heterocycles. The third-order valence-corrected chi connectivity index (χ3v) is 1.56. The van der Waals surface area contributed by atoms with Gasteiger partial charge in [0.2, 0.25) is 0 Å². The Labute approximate surface area is 57.5 Å². The first kappa shape index (κ1) is 5.59. The Morgan fingerprint density at radius 3 is 3.20 bits per heavy atom. The number of hydrogen-bond donors (Lipinski definition) is 0. The maximum Gasteiger partial charge on any atom is 0.123 e. The van der Waals surface area contributed by atoms with E-state index in [9.17, 15) is 4.39 Å². The van der Waals surface area contributed by atoms with E-state index in [1.165, 1.54) is 12.1 Å². The van der Waals surface area contributed by atoms with Gasteiger partial charge in [-0.1, -0.05) is 6.08 Å². The maximum atomic E-state index is 12.5. The zero-order valence-corrected chi connectivity index (χ0v) is 5.34. The molecular formula is C8H6FN. The van der Waals surface area contributed by atoms with Crippen LogP contribution in [0.4, 0.5) is 4.39 Å². The van der Waals surface area contributed by atoms with E-state index in [0.717, 1.165) is 10.6 Å². The van der Waals surface area contributed by atoms with E-state index in [0.29, 0.717) is 6.54 Å². The molecule has 0 unspecified atom stereocenters. The van der Waals surface area contributed by atoms with Gasteiger partial charge in [0, 0.05) is 5.22 Å². The minimum Gasteiger partial charge on any atom is -0.281 e. The highest BCUT2D eigenvalue weighted by atomic mass is 19.1. The number of benzene rings is 1. The van der Waals surface area contributed by atoms with E-state index >= 15 is 0 Å². The van der Waals surface area contributed by atoms with Crippen LogP contribution in [0.3, 0.4) is 0 Å². The summed E-state index contributed by atoms with van der Waals surface area (Å²) in [6, 6.07) is 4.64. The van der Waals surface area contributed by atoms with Crippen molar-refractivity contribution < 1.29 is 4.39 Å². The first-order valence-electron chi connectivity index (χ1n) is 3.16. The Morgan fingerprint density at radius 2 is 2.30 bits per heavy atom. The number of halogens is 1. The van der Waals surface area contributed by atoms with Crippen molar-refractivity contribution in [3.8, 4) is 0 Å². The van der Waals surface area contributed by atoms with Gasteiger partial charge in [-0.2, -0.15) is 0 Å². The van der Waals surface area contributed by atoms with Crippen molar-refractivity contribution in [1.29, 1.82) is 0 Å². The number of rotatable bonds is 0. The van der Waals surface area contributed by atoms with Gasteiger partial charge in [-0.3, -0.25) is 4.99 Å². The fourth-order valence-electron chi connectivity index (χ4n) is 1.08. The van der Waals surface area contributed by atoms with Crippen molar-refractivity contribution in [2.75, 3.05) is 6.54 Å². The number of hydrogen-bond acceptors (Lipinski definition) is 1. The van der Waals surface area contributed by atoms with Crippen molar-refractivity contribution in [2.45, 2.75) is 0 Å². The molecular weight excluding hydrogens is 129 g/mol. The second-order valence-corrected chi connectivity index (χ2v) is 2.25. The van der Waals surface area contributed by atoms with E-state index in [1.54, 1.807) is 6.07 Å². The summed E-state index contributed by atoms with van der Waals surface area (Å²) >= 11 is 0. The average Bonchev–Trinajstić information content (AvgIpc) is 2.33. The molecule has 0 fully saturated rings. The SMILES string of the molecule is Fc1ccc2c(c1)=CCN=2. The molecule has 0 aliphatic carbocycles. The summed E-state index contributed by atoms with van der Waals surface area (Å²) in [5.74, 6) is -0.188. The van der Waals surface area contributed by atoms with Crippen molar-refractivity contribution in [3.63, 3.8) is 0 Å². The molecule has 0 saturated heterocycles. The first-order valence-corrected chi connectivity index (χ1v) is 3.16.